The molecule has 6 rings (SSSR count). The molecule has 0 spiro atoms. The van der Waals surface area contributed by atoms with E-state index in [2.05, 4.69) is 6.08 Å². The van der Waals surface area contributed by atoms with Crippen LogP contribution in [-0.2, 0) is 14.3 Å². The number of allylic oxidation sites excluding steroid dienone is 1. The van der Waals surface area contributed by atoms with Gasteiger partial charge in [0.1, 0.15) is 11.8 Å². The Labute approximate surface area is 204 Å². The van der Waals surface area contributed by atoms with E-state index >= 15 is 0 Å². The molecule has 4 aliphatic rings. The van der Waals surface area contributed by atoms with Crippen LogP contribution in [0.2, 0.25) is 0 Å². The van der Waals surface area contributed by atoms with Gasteiger partial charge < -0.3 is 14.4 Å². The zero-order valence-electron chi connectivity index (χ0n) is 19.8. The lowest BCUT2D eigenvalue weighted by atomic mass is 9.85. The second kappa shape index (κ2) is 8.34. The van der Waals surface area contributed by atoms with Gasteiger partial charge in [0.25, 0.3) is 0 Å². The van der Waals surface area contributed by atoms with Gasteiger partial charge in [-0.25, -0.2) is 0 Å². The van der Waals surface area contributed by atoms with Gasteiger partial charge in [0.05, 0.1) is 37.6 Å². The second-order valence-corrected chi connectivity index (χ2v) is 9.78. The zero-order chi connectivity index (χ0) is 24.3. The average molecular weight is 473 g/mol. The van der Waals surface area contributed by atoms with E-state index in [1.807, 2.05) is 36.1 Å². The summed E-state index contributed by atoms with van der Waals surface area (Å²) in [6.07, 6.45) is 3.69. The summed E-state index contributed by atoms with van der Waals surface area (Å²) in [7, 11) is 1.56. The van der Waals surface area contributed by atoms with Crippen LogP contribution in [0.3, 0.4) is 0 Å². The summed E-state index contributed by atoms with van der Waals surface area (Å²) in [5.41, 5.74) is 3.42. The summed E-state index contributed by atoms with van der Waals surface area (Å²) in [5, 5.41) is 0. The van der Waals surface area contributed by atoms with Crippen LogP contribution in [0.1, 0.15) is 35.7 Å². The highest BCUT2D eigenvalue weighted by Crippen LogP contribution is 2.50. The van der Waals surface area contributed by atoms with E-state index in [9.17, 15) is 14.4 Å². The summed E-state index contributed by atoms with van der Waals surface area (Å²) >= 11 is 0. The monoisotopic (exact) mass is 472 g/mol. The van der Waals surface area contributed by atoms with Gasteiger partial charge in [-0.3, -0.25) is 19.3 Å². The second-order valence-electron chi connectivity index (χ2n) is 9.78. The summed E-state index contributed by atoms with van der Waals surface area (Å²) in [5.74, 6) is -1.42. The Morgan fingerprint density at radius 1 is 1.09 bits per heavy atom. The number of carbonyl (C=O) groups excluding carboxylic acids is 3. The molecule has 180 valence electrons. The van der Waals surface area contributed by atoms with Crippen molar-refractivity contribution in [2.45, 2.75) is 38.0 Å². The van der Waals surface area contributed by atoms with Crippen molar-refractivity contribution >= 4 is 28.9 Å². The van der Waals surface area contributed by atoms with Crippen molar-refractivity contribution in [2.24, 2.45) is 11.8 Å². The normalized spacial score (nSPS) is 29.1. The van der Waals surface area contributed by atoms with E-state index in [4.69, 9.17) is 9.47 Å². The van der Waals surface area contributed by atoms with Gasteiger partial charge in [0.15, 0.2) is 5.78 Å². The Hall–Kier alpha value is -3.45. The Morgan fingerprint density at radius 3 is 2.66 bits per heavy atom. The number of para-hydroxylation sites is 1. The molecule has 2 amide bonds. The fraction of sp³-hybridized carbons (Fsp3) is 0.393. The number of anilines is 1. The molecule has 0 saturated carbocycles. The first-order chi connectivity index (χ1) is 17.0. The van der Waals surface area contributed by atoms with E-state index in [0.29, 0.717) is 17.9 Å². The van der Waals surface area contributed by atoms with Crippen molar-refractivity contribution in [1.82, 2.24) is 4.90 Å². The lowest BCUT2D eigenvalue weighted by Crippen LogP contribution is -2.49. The van der Waals surface area contributed by atoms with Gasteiger partial charge in [-0.15, -0.1) is 0 Å². The van der Waals surface area contributed by atoms with Gasteiger partial charge in [-0.05, 0) is 43.5 Å². The van der Waals surface area contributed by atoms with Crippen molar-refractivity contribution in [3.05, 3.63) is 65.7 Å². The van der Waals surface area contributed by atoms with E-state index in [1.165, 1.54) is 4.90 Å². The van der Waals surface area contributed by atoms with Crippen molar-refractivity contribution in [3.63, 3.8) is 0 Å². The molecular formula is C28H28N2O5. The van der Waals surface area contributed by atoms with Crippen LogP contribution in [0, 0.1) is 11.8 Å². The minimum absolute atomic E-state index is 0.130. The third kappa shape index (κ3) is 3.32. The molecule has 7 heteroatoms. The van der Waals surface area contributed by atoms with Crippen LogP contribution >= 0.6 is 0 Å². The number of Topliss-reactive ketones (excluding diaryl/α,β-unsaturated/α-hetero) is 1. The summed E-state index contributed by atoms with van der Waals surface area (Å²) in [6, 6.07) is 13.8. The first-order valence-electron chi connectivity index (χ1n) is 12.2. The molecule has 0 bridgehead atoms. The number of likely N-dealkylation sites (tertiary alicyclic amines) is 1. The van der Waals surface area contributed by atoms with E-state index in [-0.39, 0.29) is 36.3 Å². The van der Waals surface area contributed by atoms with Crippen LogP contribution in [0.15, 0.2) is 54.6 Å². The predicted octanol–water partition coefficient (Wildman–Crippen LogP) is 3.33. The van der Waals surface area contributed by atoms with Gasteiger partial charge in [-0.2, -0.15) is 0 Å². The highest BCUT2D eigenvalue weighted by molar-refractivity contribution is 6.14. The number of rotatable bonds is 5. The Bertz CT molecular complexity index is 1250. The molecule has 2 aromatic carbocycles. The molecule has 0 radical (unpaired) electrons. The van der Waals surface area contributed by atoms with Gasteiger partial charge in [-0.1, -0.05) is 36.4 Å². The highest BCUT2D eigenvalue weighted by atomic mass is 16.5. The largest absolute Gasteiger partial charge is 0.497 e. The molecule has 3 fully saturated rings. The number of ether oxygens (including phenoxy) is 2. The van der Waals surface area contributed by atoms with Crippen LogP contribution < -0.4 is 9.64 Å². The van der Waals surface area contributed by atoms with Crippen molar-refractivity contribution in [3.8, 4) is 5.75 Å². The number of ketones is 1. The van der Waals surface area contributed by atoms with Crippen LogP contribution in [0.5, 0.6) is 5.75 Å². The van der Waals surface area contributed by atoms with Crippen LogP contribution in [0.4, 0.5) is 5.69 Å². The standard InChI is InChI=1S/C28H28N2O5/c1-16-13-22-23-24(28(33)29(27(23)32)15-19-9-6-12-35-19)25(30(22)21-11-4-3-10-20(16)21)26(31)17-7-5-8-18(14-17)34-2/h3-5,7-8,10-11,13-14,19,22-25H,6,9,12,15H2,1-2H3/t19-,22-,23-,24+,25-/m0/s1. The molecule has 7 nitrogen and oxygen atoms in total. The van der Waals surface area contributed by atoms with E-state index in [0.717, 1.165) is 29.7 Å². The molecule has 0 N–H and O–H groups in total. The molecule has 2 aromatic rings. The number of nitrogens with zero attached hydrogens (tertiary/aromatic N) is 2. The van der Waals surface area contributed by atoms with Crippen molar-refractivity contribution in [1.29, 1.82) is 0 Å². The van der Waals surface area contributed by atoms with Gasteiger partial charge >= 0.3 is 0 Å². The molecule has 35 heavy (non-hydrogen) atoms. The molecule has 0 aromatic heterocycles. The predicted molar refractivity (Wildman–Crippen MR) is 130 cm³/mol. The summed E-state index contributed by atoms with van der Waals surface area (Å²) < 4.78 is 11.1. The topological polar surface area (TPSA) is 76.1 Å². The maximum absolute atomic E-state index is 14.1. The van der Waals surface area contributed by atoms with Gasteiger partial charge in [0, 0.05) is 23.4 Å². The SMILES string of the molecule is COc1cccc(C(=O)[C@@H]2[C@@H]3C(=O)N(C[C@@H]4CCCO4)C(=O)[C@H]3[C@@H]3C=C(C)c4ccccc4N23)c1. The molecule has 0 aliphatic carbocycles. The number of benzene rings is 2. The van der Waals surface area contributed by atoms with Crippen LogP contribution in [-0.4, -0.2) is 60.9 Å². The van der Waals surface area contributed by atoms with Crippen molar-refractivity contribution < 1.29 is 23.9 Å². The molecule has 4 heterocycles. The number of methoxy groups -OCH3 is 1. The van der Waals surface area contributed by atoms with Crippen molar-refractivity contribution in [2.75, 3.05) is 25.2 Å². The smallest absolute Gasteiger partial charge is 0.235 e. The quantitative estimate of drug-likeness (QED) is 0.491. The lowest BCUT2D eigenvalue weighted by molar-refractivity contribution is -0.142. The molecule has 3 saturated heterocycles. The Kier molecular flexibility index (Phi) is 5.25. The molecule has 4 aliphatic heterocycles. The maximum Gasteiger partial charge on any atom is 0.235 e. The highest BCUT2D eigenvalue weighted by Gasteiger charge is 2.64. The number of fused-ring (bicyclic) bond motifs is 5. The third-order valence-corrected chi connectivity index (χ3v) is 7.88. The first-order valence-corrected chi connectivity index (χ1v) is 12.2. The summed E-state index contributed by atoms with van der Waals surface area (Å²) in [6.45, 7) is 2.93. The maximum atomic E-state index is 14.1. The molecule has 0 unspecified atom stereocenters. The number of carbonyl (C=O) groups is 3. The Morgan fingerprint density at radius 2 is 1.89 bits per heavy atom. The first kappa shape index (κ1) is 22.0. The molecular weight excluding hydrogens is 444 g/mol. The average Bonchev–Trinajstić information content (AvgIpc) is 3.57. The number of hydrogen-bond donors (Lipinski definition) is 0. The minimum atomic E-state index is -0.784. The van der Waals surface area contributed by atoms with Gasteiger partial charge in [0.2, 0.25) is 11.8 Å². The van der Waals surface area contributed by atoms with E-state index in [1.54, 1.807) is 31.4 Å². The minimum Gasteiger partial charge on any atom is -0.497 e. The number of imide groups is 1. The summed E-state index contributed by atoms with van der Waals surface area (Å²) in [4.78, 5) is 45.0. The van der Waals surface area contributed by atoms with Crippen LogP contribution in [0.25, 0.3) is 5.57 Å². The number of hydrogen-bond acceptors (Lipinski definition) is 6. The fourth-order valence-electron chi connectivity index (χ4n) is 6.28. The number of amides is 2. The molecule has 5 atom stereocenters. The zero-order valence-corrected chi connectivity index (χ0v) is 19.8. The fourth-order valence-corrected chi connectivity index (χ4v) is 6.28. The Balaban J connectivity index is 1.45. The third-order valence-electron chi connectivity index (χ3n) is 7.88. The lowest BCUT2D eigenvalue weighted by Gasteiger charge is -2.38. The van der Waals surface area contributed by atoms with E-state index < -0.39 is 17.9 Å².